The maximum absolute atomic E-state index is 13.8. The lowest BCUT2D eigenvalue weighted by atomic mass is 9.89. The van der Waals surface area contributed by atoms with Gasteiger partial charge >= 0.3 is 0 Å². The number of nitrogens with one attached hydrogen (secondary N) is 4. The first-order valence-electron chi connectivity index (χ1n) is 15.1. The topological polar surface area (TPSA) is 129 Å². The van der Waals surface area contributed by atoms with Crippen molar-refractivity contribution >= 4 is 92.8 Å². The molecular weight excluding hydrogens is 697 g/mol. The molecule has 6 rings (SSSR count). The smallest absolute Gasteiger partial charge is 0.259 e. The highest BCUT2D eigenvalue weighted by atomic mass is 35.5. The Bertz CT molecular complexity index is 2240. The quantitative estimate of drug-likeness (QED) is 0.0723. The number of anilines is 4. The van der Waals surface area contributed by atoms with Gasteiger partial charge in [0.25, 0.3) is 17.7 Å². The second kappa shape index (κ2) is 14.8. The summed E-state index contributed by atoms with van der Waals surface area (Å²) in [6.07, 6.45) is 1.52. The minimum Gasteiger partial charge on any atom is -0.322 e. The summed E-state index contributed by atoms with van der Waals surface area (Å²) >= 11 is 18.3. The normalized spacial score (nSPS) is 12.8. The number of Topliss-reactive ketones (excluding diaryl/α,β-unsaturated/α-hetero) is 1. The van der Waals surface area contributed by atoms with E-state index in [0.29, 0.717) is 33.8 Å². The summed E-state index contributed by atoms with van der Waals surface area (Å²) in [7, 11) is 0. The van der Waals surface area contributed by atoms with Gasteiger partial charge in [-0.3, -0.25) is 24.6 Å². The van der Waals surface area contributed by atoms with E-state index in [0.717, 1.165) is 5.56 Å². The van der Waals surface area contributed by atoms with Gasteiger partial charge in [0, 0.05) is 28.1 Å². The average molecular weight is 723 g/mol. The number of carbonyl (C=O) groups is 4. The molecule has 50 heavy (non-hydrogen) atoms. The molecule has 0 heterocycles. The molecule has 0 aliphatic heterocycles. The van der Waals surface area contributed by atoms with Crippen LogP contribution in [0.25, 0.3) is 6.08 Å². The molecule has 5 aromatic rings. The van der Waals surface area contributed by atoms with E-state index in [1.807, 2.05) is 13.0 Å². The molecule has 0 radical (unpaired) electrons. The van der Waals surface area contributed by atoms with Crippen molar-refractivity contribution in [3.05, 3.63) is 158 Å². The summed E-state index contributed by atoms with van der Waals surface area (Å²) in [5, 5.41) is 13.4. The lowest BCUT2D eigenvalue weighted by molar-refractivity contribution is -0.116. The third-order valence-electron chi connectivity index (χ3n) is 7.70. The molecule has 0 aromatic heterocycles. The van der Waals surface area contributed by atoms with Crippen molar-refractivity contribution in [3.8, 4) is 0 Å². The number of amides is 3. The third-order valence-corrected chi connectivity index (χ3v) is 8.74. The van der Waals surface area contributed by atoms with E-state index in [-0.39, 0.29) is 43.5 Å². The number of carbonyl (C=O) groups excluding carboxylic acids is 4. The zero-order valence-electron chi connectivity index (χ0n) is 26.2. The minimum atomic E-state index is -0.630. The summed E-state index contributed by atoms with van der Waals surface area (Å²) in [6, 6.07) is 30.2. The summed E-state index contributed by atoms with van der Waals surface area (Å²) in [5.74, 6) is -1.96. The molecule has 1 aliphatic rings. The number of benzene rings is 5. The van der Waals surface area contributed by atoms with Gasteiger partial charge in [0.15, 0.2) is 0 Å². The Morgan fingerprint density at radius 3 is 1.94 bits per heavy atom. The fraction of sp³-hybridized carbons (Fsp3) is 0.0263. The maximum atomic E-state index is 13.8. The predicted molar refractivity (Wildman–Crippen MR) is 200 cm³/mol. The fourth-order valence-corrected chi connectivity index (χ4v) is 5.62. The third kappa shape index (κ3) is 7.61. The number of nitrogens with zero attached hydrogens (tertiary/aromatic N) is 1. The van der Waals surface area contributed by atoms with E-state index in [4.69, 9.17) is 34.8 Å². The Kier molecular flexibility index (Phi) is 10.1. The van der Waals surface area contributed by atoms with Crippen LogP contribution in [0.1, 0.15) is 37.4 Å². The van der Waals surface area contributed by atoms with Gasteiger partial charge < -0.3 is 16.0 Å². The van der Waals surface area contributed by atoms with Crippen molar-refractivity contribution in [2.75, 3.05) is 21.4 Å². The Hall–Kier alpha value is -5.74. The molecule has 0 spiro atoms. The number of fused-ring (bicyclic) bond motifs is 1. The Morgan fingerprint density at radius 1 is 0.600 bits per heavy atom. The van der Waals surface area contributed by atoms with E-state index >= 15 is 0 Å². The molecule has 1 aliphatic carbocycles. The molecule has 0 saturated heterocycles. The van der Waals surface area contributed by atoms with E-state index in [9.17, 15) is 19.2 Å². The van der Waals surface area contributed by atoms with Crippen molar-refractivity contribution in [1.82, 2.24) is 0 Å². The van der Waals surface area contributed by atoms with Crippen molar-refractivity contribution in [2.24, 2.45) is 5.10 Å². The average Bonchev–Trinajstić information content (AvgIpc) is 3.11. The maximum Gasteiger partial charge on any atom is 0.259 e. The zero-order chi connectivity index (χ0) is 35.4. The molecule has 9 nitrogen and oxygen atoms in total. The van der Waals surface area contributed by atoms with Gasteiger partial charge in [-0.2, -0.15) is 5.10 Å². The van der Waals surface area contributed by atoms with Crippen LogP contribution < -0.4 is 21.4 Å². The fourth-order valence-electron chi connectivity index (χ4n) is 5.03. The van der Waals surface area contributed by atoms with Gasteiger partial charge in [-0.15, -0.1) is 0 Å². The molecule has 12 heteroatoms. The van der Waals surface area contributed by atoms with Crippen LogP contribution in [-0.2, 0) is 9.59 Å². The number of hydrazone groups is 1. The Labute approximate surface area is 302 Å². The van der Waals surface area contributed by atoms with Crippen molar-refractivity contribution in [2.45, 2.75) is 6.92 Å². The summed E-state index contributed by atoms with van der Waals surface area (Å²) in [6.45, 7) is 1.81. The molecule has 0 atom stereocenters. The summed E-state index contributed by atoms with van der Waals surface area (Å²) in [4.78, 5) is 52.8. The molecule has 4 N–H and O–H groups in total. The monoisotopic (exact) mass is 721 g/mol. The van der Waals surface area contributed by atoms with Gasteiger partial charge in [-0.1, -0.05) is 83.3 Å². The van der Waals surface area contributed by atoms with Crippen LogP contribution in [0.3, 0.4) is 0 Å². The van der Waals surface area contributed by atoms with Crippen molar-refractivity contribution < 1.29 is 19.2 Å². The number of aryl methyl sites for hydroxylation is 1. The van der Waals surface area contributed by atoms with E-state index in [2.05, 4.69) is 26.5 Å². The molecule has 0 unspecified atom stereocenters. The molecule has 248 valence electrons. The lowest BCUT2D eigenvalue weighted by Crippen LogP contribution is -2.30. The van der Waals surface area contributed by atoms with Crippen LogP contribution in [0.5, 0.6) is 0 Å². The number of halogens is 3. The second-order valence-corrected chi connectivity index (χ2v) is 12.3. The largest absolute Gasteiger partial charge is 0.322 e. The first kappa shape index (κ1) is 34.1. The number of rotatable bonds is 8. The summed E-state index contributed by atoms with van der Waals surface area (Å²) in [5.41, 5.74) is 7.20. The van der Waals surface area contributed by atoms with Crippen LogP contribution in [0.15, 0.2) is 120 Å². The van der Waals surface area contributed by atoms with Crippen LogP contribution >= 0.6 is 34.8 Å². The predicted octanol–water partition coefficient (Wildman–Crippen LogP) is 8.88. The van der Waals surface area contributed by atoms with Crippen LogP contribution in [0.2, 0.25) is 15.1 Å². The highest BCUT2D eigenvalue weighted by Crippen LogP contribution is 2.33. The van der Waals surface area contributed by atoms with Gasteiger partial charge in [-0.25, -0.2) is 0 Å². The Balaban J connectivity index is 1.19. The van der Waals surface area contributed by atoms with Gasteiger partial charge in [0.05, 0.1) is 32.0 Å². The van der Waals surface area contributed by atoms with Crippen LogP contribution in [0, 0.1) is 6.92 Å². The SMILES string of the molecule is Cc1ccc(C(=O)Nc2cc(Cl)c(Cl)cc2Cl)cc1NN=C1C(=O)C(C(=O)Nc2ccc(NC(=O)c3ccccc3)cc2)=Cc2ccccc21. The number of ketones is 1. The van der Waals surface area contributed by atoms with E-state index in [1.54, 1.807) is 91.0 Å². The van der Waals surface area contributed by atoms with Crippen molar-refractivity contribution in [1.29, 1.82) is 0 Å². The number of hydrogen-bond acceptors (Lipinski definition) is 6. The molecule has 0 bridgehead atoms. The summed E-state index contributed by atoms with van der Waals surface area (Å²) < 4.78 is 0. The van der Waals surface area contributed by atoms with E-state index < -0.39 is 17.6 Å². The van der Waals surface area contributed by atoms with Gasteiger partial charge in [0.1, 0.15) is 5.71 Å². The first-order valence-corrected chi connectivity index (χ1v) is 16.2. The Morgan fingerprint density at radius 2 is 1.22 bits per heavy atom. The standard InChI is InChI=1S/C38H26Cl3N5O4/c1-21-11-12-24(37(49)44-33-20-30(40)29(39)19-31(33)41)18-32(21)45-46-34-27-10-6-5-9-23(27)17-28(35(34)47)38(50)43-26-15-13-25(14-16-26)42-36(48)22-7-3-2-4-8-22/h2-20,45H,1H3,(H,42,48)(H,43,50)(H,44,49). The van der Waals surface area contributed by atoms with E-state index in [1.165, 1.54) is 18.2 Å². The van der Waals surface area contributed by atoms with Gasteiger partial charge in [0.2, 0.25) is 5.78 Å². The molecule has 0 fully saturated rings. The molecule has 3 amide bonds. The van der Waals surface area contributed by atoms with Crippen LogP contribution in [0.4, 0.5) is 22.7 Å². The minimum absolute atomic E-state index is 0.0177. The van der Waals surface area contributed by atoms with Crippen LogP contribution in [-0.4, -0.2) is 29.2 Å². The highest BCUT2D eigenvalue weighted by molar-refractivity contribution is 6.59. The lowest BCUT2D eigenvalue weighted by Gasteiger charge is -2.18. The highest BCUT2D eigenvalue weighted by Gasteiger charge is 2.30. The molecule has 5 aromatic carbocycles. The molecule has 0 saturated carbocycles. The first-order chi connectivity index (χ1) is 24.1. The zero-order valence-corrected chi connectivity index (χ0v) is 28.5. The second-order valence-electron chi connectivity index (χ2n) is 11.1. The number of hydrogen-bond donors (Lipinski definition) is 4. The molecular formula is C38H26Cl3N5O4. The van der Waals surface area contributed by atoms with Gasteiger partial charge in [-0.05, 0) is 84.8 Å². The van der Waals surface area contributed by atoms with Crippen molar-refractivity contribution in [3.63, 3.8) is 0 Å².